The van der Waals surface area contributed by atoms with Crippen LogP contribution < -0.4 is 5.32 Å². The number of ketones is 1. The highest BCUT2D eigenvalue weighted by molar-refractivity contribution is 5.97. The summed E-state index contributed by atoms with van der Waals surface area (Å²) in [4.78, 5) is 11.7. The van der Waals surface area contributed by atoms with Gasteiger partial charge in [0.2, 0.25) is 0 Å². The summed E-state index contributed by atoms with van der Waals surface area (Å²) >= 11 is 0. The Morgan fingerprint density at radius 2 is 2.19 bits per heavy atom. The fourth-order valence-corrected chi connectivity index (χ4v) is 1.88. The minimum atomic E-state index is 0.138. The van der Waals surface area contributed by atoms with Gasteiger partial charge < -0.3 is 10.1 Å². The minimum absolute atomic E-state index is 0.138. The van der Waals surface area contributed by atoms with Gasteiger partial charge in [-0.1, -0.05) is 30.3 Å². The van der Waals surface area contributed by atoms with Gasteiger partial charge >= 0.3 is 0 Å². The molecule has 1 N–H and O–H groups in total. The smallest absolute Gasteiger partial charge is 0.176 e. The average molecular weight is 219 g/mol. The van der Waals surface area contributed by atoms with E-state index in [1.165, 1.54) is 0 Å². The molecule has 86 valence electrons. The summed E-state index contributed by atoms with van der Waals surface area (Å²) < 4.78 is 5.47. The van der Waals surface area contributed by atoms with E-state index < -0.39 is 0 Å². The Bertz CT molecular complexity index is 331. The molecule has 3 nitrogen and oxygen atoms in total. The Kier molecular flexibility index (Phi) is 4.08. The summed E-state index contributed by atoms with van der Waals surface area (Å²) in [6, 6.07) is 9.36. The van der Waals surface area contributed by atoms with E-state index in [1.54, 1.807) is 0 Å². The number of nitrogens with one attached hydrogen (secondary N) is 1. The van der Waals surface area contributed by atoms with Crippen molar-refractivity contribution in [1.82, 2.24) is 5.32 Å². The first-order valence-electron chi connectivity index (χ1n) is 5.77. The zero-order valence-corrected chi connectivity index (χ0v) is 9.32. The number of hydrogen-bond donors (Lipinski definition) is 1. The molecule has 1 aromatic carbocycles. The van der Waals surface area contributed by atoms with Crippen LogP contribution in [0.1, 0.15) is 23.2 Å². The molecular formula is C13H17NO2. The molecule has 0 aromatic heterocycles. The molecule has 1 saturated heterocycles. The molecule has 16 heavy (non-hydrogen) atoms. The van der Waals surface area contributed by atoms with Gasteiger partial charge in [0.1, 0.15) is 0 Å². The SMILES string of the molecule is O=C(CNCC1CCCO1)c1ccccc1. The van der Waals surface area contributed by atoms with E-state index in [0.29, 0.717) is 12.6 Å². The number of ether oxygens (including phenoxy) is 1. The van der Waals surface area contributed by atoms with Crippen LogP contribution in [0.3, 0.4) is 0 Å². The molecular weight excluding hydrogens is 202 g/mol. The third-order valence-electron chi connectivity index (χ3n) is 2.78. The lowest BCUT2D eigenvalue weighted by Gasteiger charge is -2.09. The molecule has 0 aliphatic carbocycles. The third kappa shape index (κ3) is 3.15. The summed E-state index contributed by atoms with van der Waals surface area (Å²) in [5, 5.41) is 3.15. The summed E-state index contributed by atoms with van der Waals surface area (Å²) in [7, 11) is 0. The van der Waals surface area contributed by atoms with Crippen LogP contribution in [0.4, 0.5) is 0 Å². The Morgan fingerprint density at radius 1 is 1.38 bits per heavy atom. The third-order valence-corrected chi connectivity index (χ3v) is 2.78. The molecule has 1 heterocycles. The number of benzene rings is 1. The van der Waals surface area contributed by atoms with Crippen LogP contribution in [-0.2, 0) is 4.74 Å². The predicted molar refractivity (Wildman–Crippen MR) is 62.6 cm³/mol. The number of rotatable bonds is 5. The van der Waals surface area contributed by atoms with Crippen molar-refractivity contribution >= 4 is 5.78 Å². The van der Waals surface area contributed by atoms with Crippen molar-refractivity contribution in [1.29, 1.82) is 0 Å². The first-order valence-corrected chi connectivity index (χ1v) is 5.77. The second-order valence-electron chi connectivity index (χ2n) is 4.06. The zero-order valence-electron chi connectivity index (χ0n) is 9.32. The van der Waals surface area contributed by atoms with Crippen LogP contribution >= 0.6 is 0 Å². The maximum absolute atomic E-state index is 11.7. The molecule has 2 rings (SSSR count). The van der Waals surface area contributed by atoms with Crippen molar-refractivity contribution in [2.24, 2.45) is 0 Å². The van der Waals surface area contributed by atoms with Crippen molar-refractivity contribution in [2.45, 2.75) is 18.9 Å². The van der Waals surface area contributed by atoms with E-state index >= 15 is 0 Å². The fourth-order valence-electron chi connectivity index (χ4n) is 1.88. The van der Waals surface area contributed by atoms with Gasteiger partial charge in [0.15, 0.2) is 5.78 Å². The van der Waals surface area contributed by atoms with Crippen molar-refractivity contribution in [2.75, 3.05) is 19.7 Å². The highest BCUT2D eigenvalue weighted by atomic mass is 16.5. The highest BCUT2D eigenvalue weighted by Crippen LogP contribution is 2.10. The van der Waals surface area contributed by atoms with Gasteiger partial charge in [-0.15, -0.1) is 0 Å². The van der Waals surface area contributed by atoms with E-state index in [4.69, 9.17) is 4.74 Å². The summed E-state index contributed by atoms with van der Waals surface area (Å²) in [5.41, 5.74) is 0.766. The Hall–Kier alpha value is -1.19. The maximum Gasteiger partial charge on any atom is 0.176 e. The van der Waals surface area contributed by atoms with Crippen LogP contribution in [0.25, 0.3) is 0 Å². The van der Waals surface area contributed by atoms with Crippen LogP contribution in [0.2, 0.25) is 0 Å². The number of hydrogen-bond acceptors (Lipinski definition) is 3. The molecule has 1 atom stereocenters. The number of carbonyl (C=O) groups is 1. The first-order chi connectivity index (χ1) is 7.86. The Morgan fingerprint density at radius 3 is 2.88 bits per heavy atom. The van der Waals surface area contributed by atoms with Crippen LogP contribution in [0.5, 0.6) is 0 Å². The van der Waals surface area contributed by atoms with Gasteiger partial charge in [-0.3, -0.25) is 4.79 Å². The lowest BCUT2D eigenvalue weighted by Crippen LogP contribution is -2.30. The fraction of sp³-hybridized carbons (Fsp3) is 0.462. The molecule has 0 saturated carbocycles. The van der Waals surface area contributed by atoms with Gasteiger partial charge in [0, 0.05) is 18.7 Å². The van der Waals surface area contributed by atoms with Crippen molar-refractivity contribution < 1.29 is 9.53 Å². The van der Waals surface area contributed by atoms with Gasteiger partial charge in [-0.25, -0.2) is 0 Å². The Balaban J connectivity index is 1.71. The largest absolute Gasteiger partial charge is 0.377 e. The Labute approximate surface area is 95.8 Å². The second kappa shape index (κ2) is 5.77. The average Bonchev–Trinajstić information content (AvgIpc) is 2.83. The zero-order chi connectivity index (χ0) is 11.2. The molecule has 0 amide bonds. The van der Waals surface area contributed by atoms with Gasteiger partial charge in [0.25, 0.3) is 0 Å². The van der Waals surface area contributed by atoms with E-state index in [9.17, 15) is 4.79 Å². The first kappa shape index (κ1) is 11.3. The summed E-state index contributed by atoms with van der Waals surface area (Å²) in [5.74, 6) is 0.138. The molecule has 0 radical (unpaired) electrons. The summed E-state index contributed by atoms with van der Waals surface area (Å²) in [6.45, 7) is 2.03. The molecule has 1 fully saturated rings. The molecule has 1 unspecified atom stereocenters. The van der Waals surface area contributed by atoms with Crippen LogP contribution in [-0.4, -0.2) is 31.6 Å². The van der Waals surface area contributed by atoms with E-state index in [1.807, 2.05) is 30.3 Å². The number of Topliss-reactive ketones (excluding diaryl/α,β-unsaturated/α-hetero) is 1. The van der Waals surface area contributed by atoms with Gasteiger partial charge in [0.05, 0.1) is 12.6 Å². The minimum Gasteiger partial charge on any atom is -0.377 e. The molecule has 0 spiro atoms. The topological polar surface area (TPSA) is 38.3 Å². The van der Waals surface area contributed by atoms with E-state index in [0.717, 1.165) is 31.6 Å². The molecule has 3 heteroatoms. The second-order valence-corrected chi connectivity index (χ2v) is 4.06. The van der Waals surface area contributed by atoms with Crippen LogP contribution in [0, 0.1) is 0 Å². The number of carbonyl (C=O) groups excluding carboxylic acids is 1. The van der Waals surface area contributed by atoms with Crippen LogP contribution in [0.15, 0.2) is 30.3 Å². The maximum atomic E-state index is 11.7. The van der Waals surface area contributed by atoms with E-state index in [2.05, 4.69) is 5.32 Å². The molecule has 0 bridgehead atoms. The predicted octanol–water partition coefficient (Wildman–Crippen LogP) is 1.64. The lowest BCUT2D eigenvalue weighted by molar-refractivity contribution is 0.0955. The normalized spacial score (nSPS) is 19.9. The molecule has 1 aromatic rings. The standard InChI is InChI=1S/C13H17NO2/c15-13(11-5-2-1-3-6-11)10-14-9-12-7-4-8-16-12/h1-3,5-6,12,14H,4,7-10H2. The van der Waals surface area contributed by atoms with Gasteiger partial charge in [-0.2, -0.15) is 0 Å². The van der Waals surface area contributed by atoms with Crippen molar-refractivity contribution in [3.63, 3.8) is 0 Å². The molecule has 1 aliphatic rings. The molecule has 1 aliphatic heterocycles. The van der Waals surface area contributed by atoms with Crippen molar-refractivity contribution in [3.8, 4) is 0 Å². The monoisotopic (exact) mass is 219 g/mol. The summed E-state index contributed by atoms with van der Waals surface area (Å²) in [6.07, 6.45) is 2.54. The van der Waals surface area contributed by atoms with Crippen molar-refractivity contribution in [3.05, 3.63) is 35.9 Å². The quantitative estimate of drug-likeness (QED) is 0.765. The van der Waals surface area contributed by atoms with Gasteiger partial charge in [-0.05, 0) is 12.8 Å². The lowest BCUT2D eigenvalue weighted by atomic mass is 10.1. The highest BCUT2D eigenvalue weighted by Gasteiger charge is 2.15. The van der Waals surface area contributed by atoms with E-state index in [-0.39, 0.29) is 5.78 Å².